The van der Waals surface area contributed by atoms with E-state index in [2.05, 4.69) is 34.1 Å². The average molecular weight is 316 g/mol. The smallest absolute Gasteiger partial charge is 0.168 e. The maximum Gasteiger partial charge on any atom is 0.168 e. The van der Waals surface area contributed by atoms with Gasteiger partial charge in [0, 0.05) is 49.7 Å². The predicted molar refractivity (Wildman–Crippen MR) is 98.5 cm³/mol. The summed E-state index contributed by atoms with van der Waals surface area (Å²) in [6, 6.07) is 20.1. The molecule has 0 radical (unpaired) electrons. The molecule has 0 fully saturated rings. The Kier molecular flexibility index (Phi) is 4.71. The third-order valence-corrected chi connectivity index (χ3v) is 4.00. The molecule has 0 spiro atoms. The number of benzene rings is 2. The van der Waals surface area contributed by atoms with Crippen LogP contribution in [0.3, 0.4) is 0 Å². The van der Waals surface area contributed by atoms with Gasteiger partial charge in [-0.3, -0.25) is 9.78 Å². The quantitative estimate of drug-likeness (QED) is 0.660. The van der Waals surface area contributed by atoms with Gasteiger partial charge in [0.25, 0.3) is 0 Å². The van der Waals surface area contributed by atoms with Crippen molar-refractivity contribution in [1.29, 1.82) is 0 Å². The fourth-order valence-corrected chi connectivity index (χ4v) is 2.73. The molecule has 0 saturated carbocycles. The highest BCUT2D eigenvalue weighted by Gasteiger charge is 2.09. The molecule has 0 N–H and O–H groups in total. The summed E-state index contributed by atoms with van der Waals surface area (Å²) < 4.78 is 0. The van der Waals surface area contributed by atoms with Gasteiger partial charge in [-0.1, -0.05) is 42.5 Å². The Morgan fingerprint density at radius 3 is 2.38 bits per heavy atom. The van der Waals surface area contributed by atoms with Gasteiger partial charge in [0.1, 0.15) is 0 Å². The third-order valence-electron chi connectivity index (χ3n) is 4.00. The first-order chi connectivity index (χ1) is 11.6. The van der Waals surface area contributed by atoms with E-state index in [9.17, 15) is 4.79 Å². The van der Waals surface area contributed by atoms with Crippen LogP contribution in [0.25, 0.3) is 11.1 Å². The molecule has 0 atom stereocenters. The molecule has 3 nitrogen and oxygen atoms in total. The summed E-state index contributed by atoms with van der Waals surface area (Å²) in [4.78, 5) is 18.4. The number of para-hydroxylation sites is 1. The van der Waals surface area contributed by atoms with Crippen LogP contribution in [0.1, 0.15) is 15.9 Å². The second-order valence-corrected chi connectivity index (χ2v) is 5.95. The van der Waals surface area contributed by atoms with Crippen LogP contribution in [0, 0.1) is 0 Å². The van der Waals surface area contributed by atoms with Gasteiger partial charge in [0.15, 0.2) is 5.78 Å². The standard InChI is InChI=1S/C21H20N2O/c1-23(2)20-8-4-3-7-19(20)17-11-9-16(10-12-17)14-21(24)18-6-5-13-22-15-18/h3-13,15H,14H2,1-2H3. The normalized spacial score (nSPS) is 10.4. The van der Waals surface area contributed by atoms with Gasteiger partial charge in [0.05, 0.1) is 0 Å². The van der Waals surface area contributed by atoms with Crippen LogP contribution in [0.5, 0.6) is 0 Å². The van der Waals surface area contributed by atoms with Crippen molar-refractivity contribution in [2.75, 3.05) is 19.0 Å². The van der Waals surface area contributed by atoms with E-state index in [0.717, 1.165) is 11.1 Å². The van der Waals surface area contributed by atoms with Crippen molar-refractivity contribution < 1.29 is 4.79 Å². The Balaban J connectivity index is 1.80. The number of aromatic nitrogens is 1. The molecule has 2 aromatic carbocycles. The second-order valence-electron chi connectivity index (χ2n) is 5.95. The van der Waals surface area contributed by atoms with Crippen LogP contribution in [0.4, 0.5) is 5.69 Å². The average Bonchev–Trinajstić information content (AvgIpc) is 2.63. The summed E-state index contributed by atoms with van der Waals surface area (Å²) in [5.41, 5.74) is 5.18. The summed E-state index contributed by atoms with van der Waals surface area (Å²) >= 11 is 0. The molecule has 3 heteroatoms. The fourth-order valence-electron chi connectivity index (χ4n) is 2.73. The summed E-state index contributed by atoms with van der Waals surface area (Å²) in [5, 5.41) is 0. The lowest BCUT2D eigenvalue weighted by Gasteiger charge is -2.17. The molecule has 0 saturated heterocycles. The Morgan fingerprint density at radius 1 is 0.958 bits per heavy atom. The molecule has 0 aliphatic heterocycles. The fraction of sp³-hybridized carbons (Fsp3) is 0.143. The second kappa shape index (κ2) is 7.09. The predicted octanol–water partition coefficient (Wildman–Crippen LogP) is 4.24. The van der Waals surface area contributed by atoms with Crippen LogP contribution in [-0.2, 0) is 6.42 Å². The molecule has 0 bridgehead atoms. The van der Waals surface area contributed by atoms with E-state index in [1.54, 1.807) is 24.5 Å². The number of nitrogens with zero attached hydrogens (tertiary/aromatic N) is 2. The number of anilines is 1. The van der Waals surface area contributed by atoms with Crippen LogP contribution in [-0.4, -0.2) is 24.9 Å². The van der Waals surface area contributed by atoms with E-state index in [4.69, 9.17) is 0 Å². The lowest BCUT2D eigenvalue weighted by atomic mass is 9.99. The van der Waals surface area contributed by atoms with Crippen LogP contribution in [0.2, 0.25) is 0 Å². The minimum atomic E-state index is 0.0875. The van der Waals surface area contributed by atoms with Gasteiger partial charge >= 0.3 is 0 Å². The summed E-state index contributed by atoms with van der Waals surface area (Å²) in [7, 11) is 4.08. The number of carbonyl (C=O) groups excluding carboxylic acids is 1. The molecule has 1 aromatic heterocycles. The van der Waals surface area contributed by atoms with Gasteiger partial charge in [0.2, 0.25) is 0 Å². The Hall–Kier alpha value is -2.94. The first kappa shape index (κ1) is 15.9. The van der Waals surface area contributed by atoms with Crippen LogP contribution < -0.4 is 4.90 Å². The molecule has 120 valence electrons. The highest BCUT2D eigenvalue weighted by molar-refractivity contribution is 5.97. The molecule has 3 rings (SSSR count). The number of hydrogen-bond acceptors (Lipinski definition) is 3. The van der Waals surface area contributed by atoms with E-state index in [0.29, 0.717) is 12.0 Å². The lowest BCUT2D eigenvalue weighted by Crippen LogP contribution is -2.09. The zero-order valence-electron chi connectivity index (χ0n) is 13.9. The van der Waals surface area contributed by atoms with E-state index >= 15 is 0 Å². The van der Waals surface area contributed by atoms with Crippen molar-refractivity contribution >= 4 is 11.5 Å². The van der Waals surface area contributed by atoms with Crippen molar-refractivity contribution in [2.45, 2.75) is 6.42 Å². The van der Waals surface area contributed by atoms with Crippen molar-refractivity contribution in [3.63, 3.8) is 0 Å². The summed E-state index contributed by atoms with van der Waals surface area (Å²) in [6.07, 6.45) is 3.68. The Bertz CT molecular complexity index is 824. The zero-order chi connectivity index (χ0) is 16.9. The third kappa shape index (κ3) is 3.51. The molecule has 0 unspecified atom stereocenters. The van der Waals surface area contributed by atoms with Crippen LogP contribution in [0.15, 0.2) is 73.1 Å². The summed E-state index contributed by atoms with van der Waals surface area (Å²) in [6.45, 7) is 0. The number of pyridine rings is 1. The van der Waals surface area contributed by atoms with Crippen molar-refractivity contribution in [3.8, 4) is 11.1 Å². The molecule has 0 aliphatic rings. The maximum atomic E-state index is 12.3. The largest absolute Gasteiger partial charge is 0.377 e. The Morgan fingerprint density at radius 2 is 1.71 bits per heavy atom. The molecule has 3 aromatic rings. The monoisotopic (exact) mass is 316 g/mol. The molecule has 0 amide bonds. The number of ketones is 1. The molecular formula is C21H20N2O. The van der Waals surface area contributed by atoms with Gasteiger partial charge in [-0.05, 0) is 29.3 Å². The van der Waals surface area contributed by atoms with Gasteiger partial charge in [-0.25, -0.2) is 0 Å². The molecule has 24 heavy (non-hydrogen) atoms. The minimum absolute atomic E-state index is 0.0875. The first-order valence-electron chi connectivity index (χ1n) is 7.94. The van der Waals surface area contributed by atoms with Gasteiger partial charge in [-0.2, -0.15) is 0 Å². The number of rotatable bonds is 5. The lowest BCUT2D eigenvalue weighted by molar-refractivity contribution is 0.0992. The summed E-state index contributed by atoms with van der Waals surface area (Å²) in [5.74, 6) is 0.0875. The minimum Gasteiger partial charge on any atom is -0.377 e. The van der Waals surface area contributed by atoms with E-state index in [1.165, 1.54) is 11.3 Å². The van der Waals surface area contributed by atoms with Crippen LogP contribution >= 0.6 is 0 Å². The van der Waals surface area contributed by atoms with Crippen molar-refractivity contribution in [2.24, 2.45) is 0 Å². The van der Waals surface area contributed by atoms with Gasteiger partial charge < -0.3 is 4.90 Å². The highest BCUT2D eigenvalue weighted by atomic mass is 16.1. The van der Waals surface area contributed by atoms with E-state index in [-0.39, 0.29) is 5.78 Å². The first-order valence-corrected chi connectivity index (χ1v) is 7.94. The van der Waals surface area contributed by atoms with E-state index in [1.807, 2.05) is 38.4 Å². The molecule has 1 heterocycles. The van der Waals surface area contributed by atoms with Crippen molar-refractivity contribution in [3.05, 3.63) is 84.2 Å². The number of carbonyl (C=O) groups is 1. The van der Waals surface area contributed by atoms with E-state index < -0.39 is 0 Å². The van der Waals surface area contributed by atoms with Crippen molar-refractivity contribution in [1.82, 2.24) is 4.98 Å². The molecular weight excluding hydrogens is 296 g/mol. The highest BCUT2D eigenvalue weighted by Crippen LogP contribution is 2.29. The number of Topliss-reactive ketones (excluding diaryl/α,β-unsaturated/α-hetero) is 1. The SMILES string of the molecule is CN(C)c1ccccc1-c1ccc(CC(=O)c2cccnc2)cc1. The van der Waals surface area contributed by atoms with Gasteiger partial charge in [-0.15, -0.1) is 0 Å². The number of hydrogen-bond donors (Lipinski definition) is 0. The maximum absolute atomic E-state index is 12.3. The zero-order valence-corrected chi connectivity index (χ0v) is 13.9. The topological polar surface area (TPSA) is 33.2 Å². The Labute approximate surface area is 142 Å². The molecule has 0 aliphatic carbocycles.